The molecule has 0 saturated heterocycles. The summed E-state index contributed by atoms with van der Waals surface area (Å²) in [5, 5.41) is 0. The van der Waals surface area contributed by atoms with Crippen molar-refractivity contribution in [2.24, 2.45) is 0 Å². The van der Waals surface area contributed by atoms with Gasteiger partial charge in [-0.15, -0.1) is 0 Å². The first kappa shape index (κ1) is 46.2. The normalized spacial score (nSPS) is 12.5. The van der Waals surface area contributed by atoms with E-state index in [2.05, 4.69) is 20.8 Å². The van der Waals surface area contributed by atoms with E-state index in [4.69, 9.17) is 13.6 Å². The van der Waals surface area contributed by atoms with Crippen LogP contribution in [-0.2, 0) is 69.3 Å². The molecule has 0 atom stereocenters. The van der Waals surface area contributed by atoms with E-state index in [0.29, 0.717) is 19.6 Å². The zero-order chi connectivity index (χ0) is 33.1. The molecule has 0 heterocycles. The van der Waals surface area contributed by atoms with Gasteiger partial charge in [-0.05, 0) is 0 Å². The van der Waals surface area contributed by atoms with Crippen molar-refractivity contribution in [2.75, 3.05) is 6.61 Å². The van der Waals surface area contributed by atoms with Gasteiger partial charge >= 0.3 is 278 Å². The molecule has 6 nitrogen and oxygen atoms in total. The van der Waals surface area contributed by atoms with Gasteiger partial charge in [0.2, 0.25) is 0 Å². The topological polar surface area (TPSA) is 78.9 Å². The van der Waals surface area contributed by atoms with E-state index in [0.717, 1.165) is 57.8 Å². The second kappa shape index (κ2) is 36.5. The third kappa shape index (κ3) is 32.2. The SMILES string of the molecule is CCCCCCCCCCCCOP(=O)(O[C](CCCCCCCCCCC)=[Zr]=[O])O[C](CCCCCCCCCCC)=[Zr]=[O]. The number of phosphoric ester groups is 1. The molecule has 0 radical (unpaired) electrons. The number of rotatable bonds is 36. The van der Waals surface area contributed by atoms with Crippen LogP contribution in [0.2, 0.25) is 0 Å². The average molecular weight is 813 g/mol. The fourth-order valence-corrected chi connectivity index (χ4v) is 10.4. The van der Waals surface area contributed by atoms with Crippen LogP contribution in [0.5, 0.6) is 0 Å². The Morgan fingerprint density at radius 2 is 0.689 bits per heavy atom. The molecule has 0 unspecified atom stereocenters. The molecular weight excluding hydrogens is 742 g/mol. The molecule has 0 N–H and O–H groups in total. The van der Waals surface area contributed by atoms with Crippen LogP contribution in [0.4, 0.5) is 0 Å². The zero-order valence-electron chi connectivity index (χ0n) is 29.8. The van der Waals surface area contributed by atoms with Crippen molar-refractivity contribution in [2.45, 2.75) is 213 Å². The molecule has 0 spiro atoms. The van der Waals surface area contributed by atoms with Crippen LogP contribution in [0.25, 0.3) is 0 Å². The van der Waals surface area contributed by atoms with E-state index in [1.165, 1.54) is 122 Å². The molecule has 0 aliphatic carbocycles. The molecule has 264 valence electrons. The van der Waals surface area contributed by atoms with E-state index in [9.17, 15) is 10.2 Å². The van der Waals surface area contributed by atoms with Crippen molar-refractivity contribution in [3.05, 3.63) is 0 Å². The monoisotopic (exact) mass is 810 g/mol. The predicted molar refractivity (Wildman–Crippen MR) is 183 cm³/mol. The van der Waals surface area contributed by atoms with Crippen LogP contribution >= 0.6 is 7.82 Å². The zero-order valence-corrected chi connectivity index (χ0v) is 35.6. The van der Waals surface area contributed by atoms with Crippen molar-refractivity contribution >= 4 is 14.6 Å². The van der Waals surface area contributed by atoms with E-state index in [1.807, 2.05) is 0 Å². The fraction of sp³-hybridized carbons (Fsp3) is 0.944. The molecule has 0 aromatic heterocycles. The molecule has 0 bridgehead atoms. The van der Waals surface area contributed by atoms with Gasteiger partial charge < -0.3 is 0 Å². The Bertz CT molecular complexity index is 761. The second-order valence-electron chi connectivity index (χ2n) is 12.9. The van der Waals surface area contributed by atoms with Crippen molar-refractivity contribution in [3.8, 4) is 0 Å². The number of hydrogen-bond donors (Lipinski definition) is 0. The number of unbranched alkanes of at least 4 members (excludes halogenated alkanes) is 25. The minimum absolute atomic E-state index is 0.276. The molecule has 0 aromatic carbocycles. The van der Waals surface area contributed by atoms with Crippen LogP contribution < -0.4 is 0 Å². The Hall–Kier alpha value is 1.22. The first-order chi connectivity index (χ1) is 22.0. The second-order valence-corrected chi connectivity index (χ2v) is 18.1. The van der Waals surface area contributed by atoms with Gasteiger partial charge in [-0.1, -0.05) is 26.2 Å². The molecule has 0 amide bonds. The van der Waals surface area contributed by atoms with Crippen LogP contribution in [0.3, 0.4) is 0 Å². The molecule has 0 aliphatic rings. The molecule has 0 rings (SSSR count). The molecule has 45 heavy (non-hydrogen) atoms. The Morgan fingerprint density at radius 3 is 0.978 bits per heavy atom. The van der Waals surface area contributed by atoms with Crippen molar-refractivity contribution in [1.29, 1.82) is 0 Å². The van der Waals surface area contributed by atoms with Crippen LogP contribution in [0.15, 0.2) is 0 Å². The fourth-order valence-electron chi connectivity index (χ4n) is 5.53. The maximum atomic E-state index is 13.8. The average Bonchev–Trinajstić information content (AvgIpc) is 3.04. The Labute approximate surface area is 301 Å². The van der Waals surface area contributed by atoms with E-state index in [1.54, 1.807) is 0 Å². The van der Waals surface area contributed by atoms with Crippen molar-refractivity contribution in [1.82, 2.24) is 0 Å². The van der Waals surface area contributed by atoms with E-state index in [-0.39, 0.29) is 6.61 Å². The van der Waals surface area contributed by atoms with Crippen molar-refractivity contribution < 1.29 is 69.3 Å². The van der Waals surface area contributed by atoms with Gasteiger partial charge in [-0.2, -0.15) is 0 Å². The summed E-state index contributed by atoms with van der Waals surface area (Å²) in [5.41, 5.74) is 0. The Morgan fingerprint density at radius 1 is 0.422 bits per heavy atom. The predicted octanol–water partition coefficient (Wildman–Crippen LogP) is 13.0. The molecule has 9 heteroatoms. The molecule has 0 aromatic rings. The molecule has 0 aliphatic heterocycles. The van der Waals surface area contributed by atoms with Gasteiger partial charge in [0.15, 0.2) is 0 Å². The summed E-state index contributed by atoms with van der Waals surface area (Å²) >= 11 is -4.38. The first-order valence-electron chi connectivity index (χ1n) is 19.2. The quantitative estimate of drug-likeness (QED) is 0.0463. The van der Waals surface area contributed by atoms with E-state index >= 15 is 0 Å². The molecule has 0 fully saturated rings. The summed E-state index contributed by atoms with van der Waals surface area (Å²) < 4.78 is 56.4. The summed E-state index contributed by atoms with van der Waals surface area (Å²) in [6.45, 7) is 7.00. The number of hydrogen-bond acceptors (Lipinski definition) is 6. The number of phosphoric acid groups is 1. The summed E-state index contributed by atoms with van der Waals surface area (Å²) in [6.07, 6.45) is 34.7. The van der Waals surface area contributed by atoms with Gasteiger partial charge in [0, 0.05) is 0 Å². The van der Waals surface area contributed by atoms with Gasteiger partial charge in [-0.25, -0.2) is 0 Å². The standard InChI is InChI=1S/C36H71O4P.2O.2Zr/c1-4-7-10-13-16-19-22-25-28-31-34-38-41(37,39-35-32-29-26-23-20-17-14-11-8-5-2)40-36-33-30-27-24-21-18-15-12-9-6-3;;;;/h4-34H2,1-3H3;;;;. The van der Waals surface area contributed by atoms with Gasteiger partial charge in [0.25, 0.3) is 0 Å². The van der Waals surface area contributed by atoms with Crippen LogP contribution in [-0.4, -0.2) is 13.4 Å². The first-order valence-corrected chi connectivity index (χ1v) is 25.1. The van der Waals surface area contributed by atoms with Crippen LogP contribution in [0, 0.1) is 0 Å². The summed E-state index contributed by atoms with van der Waals surface area (Å²) in [4.78, 5) is 0. The molecular formula is C36H71O6PZr2. The van der Waals surface area contributed by atoms with Gasteiger partial charge in [-0.3, -0.25) is 0 Å². The third-order valence-corrected chi connectivity index (χ3v) is 13.5. The van der Waals surface area contributed by atoms with Gasteiger partial charge in [0.05, 0.1) is 0 Å². The summed E-state index contributed by atoms with van der Waals surface area (Å²) in [5.74, 6) is 0. The Balaban J connectivity index is 4.72. The van der Waals surface area contributed by atoms with E-state index < -0.39 is 53.3 Å². The maximum absolute atomic E-state index is 13.8. The summed E-state index contributed by atoms with van der Waals surface area (Å²) in [6, 6.07) is 0. The van der Waals surface area contributed by atoms with Crippen molar-refractivity contribution in [3.63, 3.8) is 0 Å². The summed E-state index contributed by atoms with van der Waals surface area (Å²) in [7, 11) is -3.99. The van der Waals surface area contributed by atoms with Gasteiger partial charge in [0.1, 0.15) is 0 Å². The third-order valence-electron chi connectivity index (χ3n) is 8.43. The minimum atomic E-state index is -3.99. The Kier molecular flexibility index (Phi) is 37.5. The van der Waals surface area contributed by atoms with Crippen LogP contribution in [0.1, 0.15) is 213 Å². The molecule has 0 saturated carbocycles.